The first kappa shape index (κ1) is 13.1. The van der Waals surface area contributed by atoms with Crippen molar-refractivity contribution in [2.75, 3.05) is 0 Å². The van der Waals surface area contributed by atoms with Crippen LogP contribution in [0.4, 0.5) is 0 Å². The fourth-order valence-corrected chi connectivity index (χ4v) is 2.06. The molecule has 1 aromatic heterocycles. The molecule has 5 heteroatoms. The second kappa shape index (κ2) is 5.51. The molecule has 0 saturated heterocycles. The van der Waals surface area contributed by atoms with Gasteiger partial charge in [0.1, 0.15) is 0 Å². The molecule has 1 N–H and O–H groups in total. The molecule has 0 aliphatic carbocycles. The van der Waals surface area contributed by atoms with Gasteiger partial charge >= 0.3 is 0 Å². The highest BCUT2D eigenvalue weighted by molar-refractivity contribution is 14.1. The highest BCUT2D eigenvalue weighted by atomic mass is 127. The van der Waals surface area contributed by atoms with Crippen molar-refractivity contribution in [3.8, 4) is 0 Å². The summed E-state index contributed by atoms with van der Waals surface area (Å²) in [5, 5.41) is 7.13. The molecule has 0 aliphatic rings. The molecule has 1 heterocycles. The minimum absolute atomic E-state index is 0.0605. The molecule has 0 aliphatic heterocycles. The second-order valence-electron chi connectivity index (χ2n) is 4.10. The van der Waals surface area contributed by atoms with E-state index >= 15 is 0 Å². The highest BCUT2D eigenvalue weighted by Crippen LogP contribution is 2.08. The van der Waals surface area contributed by atoms with Crippen molar-refractivity contribution in [1.82, 2.24) is 15.1 Å². The first-order valence-corrected chi connectivity index (χ1v) is 6.67. The largest absolute Gasteiger partial charge is 0.348 e. The Morgan fingerprint density at radius 3 is 2.61 bits per heavy atom. The molecule has 2 rings (SSSR count). The number of benzene rings is 1. The fourth-order valence-electron chi connectivity index (χ4n) is 1.70. The first-order chi connectivity index (χ1) is 8.56. The fraction of sp³-hybridized carbons (Fsp3) is 0.231. The Balaban J connectivity index is 2.00. The molecule has 2 aromatic rings. The van der Waals surface area contributed by atoms with E-state index in [0.717, 1.165) is 14.8 Å². The lowest BCUT2D eigenvalue weighted by Gasteiger charge is -2.04. The van der Waals surface area contributed by atoms with Crippen LogP contribution in [0.3, 0.4) is 0 Å². The molecule has 1 amide bonds. The minimum Gasteiger partial charge on any atom is -0.348 e. The number of amides is 1. The van der Waals surface area contributed by atoms with Gasteiger partial charge < -0.3 is 5.32 Å². The monoisotopic (exact) mass is 355 g/mol. The summed E-state index contributed by atoms with van der Waals surface area (Å²) in [6.07, 6.45) is 1.92. The van der Waals surface area contributed by atoms with Gasteiger partial charge in [0.15, 0.2) is 0 Å². The van der Waals surface area contributed by atoms with Crippen molar-refractivity contribution >= 4 is 28.5 Å². The zero-order valence-electron chi connectivity index (χ0n) is 10.3. The molecule has 0 unspecified atom stereocenters. The maximum absolute atomic E-state index is 11.9. The second-order valence-corrected chi connectivity index (χ2v) is 5.35. The van der Waals surface area contributed by atoms with Gasteiger partial charge in [-0.05, 0) is 53.8 Å². The lowest BCUT2D eigenvalue weighted by atomic mass is 10.2. The van der Waals surface area contributed by atoms with Gasteiger partial charge in [0, 0.05) is 34.5 Å². The Morgan fingerprint density at radius 2 is 2.06 bits per heavy atom. The number of rotatable bonds is 3. The maximum atomic E-state index is 11.9. The van der Waals surface area contributed by atoms with Gasteiger partial charge in [0.2, 0.25) is 0 Å². The first-order valence-electron chi connectivity index (χ1n) is 5.59. The molecular formula is C13H14IN3O. The van der Waals surface area contributed by atoms with Crippen molar-refractivity contribution in [3.05, 3.63) is 50.9 Å². The predicted molar refractivity (Wildman–Crippen MR) is 78.3 cm³/mol. The summed E-state index contributed by atoms with van der Waals surface area (Å²) in [5.74, 6) is -0.0605. The number of nitrogens with zero attached hydrogens (tertiary/aromatic N) is 2. The van der Waals surface area contributed by atoms with E-state index in [1.165, 1.54) is 0 Å². The van der Waals surface area contributed by atoms with Gasteiger partial charge in [-0.15, -0.1) is 0 Å². The van der Waals surface area contributed by atoms with Crippen LogP contribution in [0.1, 0.15) is 21.6 Å². The normalized spacial score (nSPS) is 10.4. The van der Waals surface area contributed by atoms with E-state index in [1.54, 1.807) is 4.68 Å². The van der Waals surface area contributed by atoms with Gasteiger partial charge in [-0.1, -0.05) is 0 Å². The van der Waals surface area contributed by atoms with Crippen LogP contribution >= 0.6 is 22.6 Å². The van der Waals surface area contributed by atoms with Crippen LogP contribution in [0.5, 0.6) is 0 Å². The maximum Gasteiger partial charge on any atom is 0.251 e. The topological polar surface area (TPSA) is 46.9 Å². The quantitative estimate of drug-likeness (QED) is 0.859. The number of hydrogen-bond donors (Lipinski definition) is 1. The molecule has 0 bridgehead atoms. The standard InChI is InChI=1S/C13H14IN3O/c1-9-11(8-17(2)16-9)7-15-13(18)10-3-5-12(14)6-4-10/h3-6,8H,7H2,1-2H3,(H,15,18). The van der Waals surface area contributed by atoms with E-state index in [9.17, 15) is 4.79 Å². The van der Waals surface area contributed by atoms with Crippen LogP contribution in [0, 0.1) is 10.5 Å². The summed E-state index contributed by atoms with van der Waals surface area (Å²) in [6, 6.07) is 7.50. The lowest BCUT2D eigenvalue weighted by molar-refractivity contribution is 0.0951. The molecule has 0 fully saturated rings. The zero-order chi connectivity index (χ0) is 13.1. The smallest absolute Gasteiger partial charge is 0.251 e. The number of carbonyl (C=O) groups excluding carboxylic acids is 1. The molecular weight excluding hydrogens is 341 g/mol. The van der Waals surface area contributed by atoms with E-state index in [0.29, 0.717) is 12.1 Å². The number of aromatic nitrogens is 2. The third kappa shape index (κ3) is 3.10. The third-order valence-corrected chi connectivity index (χ3v) is 3.38. The Morgan fingerprint density at radius 1 is 1.39 bits per heavy atom. The third-order valence-electron chi connectivity index (χ3n) is 2.66. The Kier molecular flexibility index (Phi) is 4.00. The minimum atomic E-state index is -0.0605. The van der Waals surface area contributed by atoms with Gasteiger partial charge in [-0.3, -0.25) is 9.48 Å². The molecule has 18 heavy (non-hydrogen) atoms. The van der Waals surface area contributed by atoms with E-state index in [1.807, 2.05) is 44.4 Å². The highest BCUT2D eigenvalue weighted by Gasteiger charge is 2.07. The SMILES string of the molecule is Cc1nn(C)cc1CNC(=O)c1ccc(I)cc1. The van der Waals surface area contributed by atoms with Crippen molar-refractivity contribution in [2.45, 2.75) is 13.5 Å². The average molecular weight is 355 g/mol. The van der Waals surface area contributed by atoms with Gasteiger partial charge in [0.05, 0.1) is 5.69 Å². The lowest BCUT2D eigenvalue weighted by Crippen LogP contribution is -2.22. The van der Waals surface area contributed by atoms with Crippen molar-refractivity contribution in [1.29, 1.82) is 0 Å². The van der Waals surface area contributed by atoms with Crippen LogP contribution in [-0.2, 0) is 13.6 Å². The summed E-state index contributed by atoms with van der Waals surface area (Å²) in [5.41, 5.74) is 2.66. The Bertz CT molecular complexity index is 560. The van der Waals surface area contributed by atoms with Crippen molar-refractivity contribution in [3.63, 3.8) is 0 Å². The summed E-state index contributed by atoms with van der Waals surface area (Å²) in [6.45, 7) is 2.44. The van der Waals surface area contributed by atoms with Crippen LogP contribution in [-0.4, -0.2) is 15.7 Å². The number of halogens is 1. The summed E-state index contributed by atoms with van der Waals surface area (Å²) in [4.78, 5) is 11.9. The molecule has 94 valence electrons. The van der Waals surface area contributed by atoms with E-state index in [-0.39, 0.29) is 5.91 Å². The van der Waals surface area contributed by atoms with Gasteiger partial charge in [-0.25, -0.2) is 0 Å². The zero-order valence-corrected chi connectivity index (χ0v) is 12.4. The average Bonchev–Trinajstić information content (AvgIpc) is 2.66. The number of carbonyl (C=O) groups is 1. The summed E-state index contributed by atoms with van der Waals surface area (Å²) in [7, 11) is 1.87. The summed E-state index contributed by atoms with van der Waals surface area (Å²) >= 11 is 2.21. The molecule has 4 nitrogen and oxygen atoms in total. The van der Waals surface area contributed by atoms with Crippen molar-refractivity contribution < 1.29 is 4.79 Å². The number of hydrogen-bond acceptors (Lipinski definition) is 2. The number of nitrogens with one attached hydrogen (secondary N) is 1. The molecule has 0 saturated carbocycles. The van der Waals surface area contributed by atoms with Crippen molar-refractivity contribution in [2.24, 2.45) is 7.05 Å². The Hall–Kier alpha value is -1.37. The van der Waals surface area contributed by atoms with Crippen LogP contribution in [0.2, 0.25) is 0 Å². The molecule has 0 atom stereocenters. The van der Waals surface area contributed by atoms with Crippen LogP contribution in [0.25, 0.3) is 0 Å². The molecule has 0 radical (unpaired) electrons. The van der Waals surface area contributed by atoms with Gasteiger partial charge in [0.25, 0.3) is 5.91 Å². The summed E-state index contributed by atoms with van der Waals surface area (Å²) < 4.78 is 2.87. The van der Waals surface area contributed by atoms with E-state index in [2.05, 4.69) is 33.0 Å². The molecule has 0 spiro atoms. The van der Waals surface area contributed by atoms with Crippen LogP contribution < -0.4 is 5.32 Å². The predicted octanol–water partition coefficient (Wildman–Crippen LogP) is 2.26. The van der Waals surface area contributed by atoms with Crippen LogP contribution in [0.15, 0.2) is 30.5 Å². The molecule has 1 aromatic carbocycles. The number of aryl methyl sites for hydroxylation is 2. The van der Waals surface area contributed by atoms with E-state index in [4.69, 9.17) is 0 Å². The Labute approximate surface area is 120 Å². The van der Waals surface area contributed by atoms with E-state index < -0.39 is 0 Å². The van der Waals surface area contributed by atoms with Gasteiger partial charge in [-0.2, -0.15) is 5.10 Å².